The minimum Gasteiger partial charge on any atom is -0.423 e. The fourth-order valence-electron chi connectivity index (χ4n) is 1.79. The van der Waals surface area contributed by atoms with Gasteiger partial charge < -0.3 is 10.1 Å². The molecule has 2 aromatic carbocycles. The molecular formula is C15H11N3O4. The van der Waals surface area contributed by atoms with Crippen LogP contribution in [0.2, 0.25) is 0 Å². The van der Waals surface area contributed by atoms with Crippen LogP contribution >= 0.6 is 0 Å². The van der Waals surface area contributed by atoms with Gasteiger partial charge in [-0.05, 0) is 30.3 Å². The van der Waals surface area contributed by atoms with E-state index in [9.17, 15) is 14.9 Å². The first-order valence-electron chi connectivity index (χ1n) is 6.23. The number of nitriles is 1. The number of benzene rings is 2. The summed E-state index contributed by atoms with van der Waals surface area (Å²) in [6, 6.07) is 11.8. The second-order valence-corrected chi connectivity index (χ2v) is 4.26. The van der Waals surface area contributed by atoms with Crippen LogP contribution in [0.3, 0.4) is 0 Å². The Morgan fingerprint density at radius 1 is 1.27 bits per heavy atom. The van der Waals surface area contributed by atoms with Crippen LogP contribution in [0.15, 0.2) is 42.5 Å². The summed E-state index contributed by atoms with van der Waals surface area (Å²) in [7, 11) is 1.60. The van der Waals surface area contributed by atoms with Crippen molar-refractivity contribution in [3.8, 4) is 11.8 Å². The van der Waals surface area contributed by atoms with Crippen molar-refractivity contribution in [1.29, 1.82) is 5.26 Å². The zero-order valence-electron chi connectivity index (χ0n) is 11.6. The van der Waals surface area contributed by atoms with E-state index in [1.165, 1.54) is 36.4 Å². The van der Waals surface area contributed by atoms with Gasteiger partial charge in [0.2, 0.25) is 0 Å². The van der Waals surface area contributed by atoms with E-state index in [4.69, 9.17) is 10.00 Å². The molecule has 0 fully saturated rings. The second-order valence-electron chi connectivity index (χ2n) is 4.26. The van der Waals surface area contributed by atoms with E-state index in [1.807, 2.05) is 6.07 Å². The predicted molar refractivity (Wildman–Crippen MR) is 78.8 cm³/mol. The van der Waals surface area contributed by atoms with Gasteiger partial charge in [0.1, 0.15) is 5.75 Å². The first-order valence-corrected chi connectivity index (χ1v) is 6.23. The third-order valence-electron chi connectivity index (χ3n) is 2.90. The normalized spacial score (nSPS) is 9.64. The van der Waals surface area contributed by atoms with Gasteiger partial charge in [0.05, 0.1) is 22.1 Å². The first-order chi connectivity index (χ1) is 10.5. The van der Waals surface area contributed by atoms with Gasteiger partial charge in [0.25, 0.3) is 5.69 Å². The summed E-state index contributed by atoms with van der Waals surface area (Å²) in [6.45, 7) is 0. The van der Waals surface area contributed by atoms with E-state index in [2.05, 4.69) is 5.32 Å². The van der Waals surface area contributed by atoms with E-state index in [-0.39, 0.29) is 17.0 Å². The lowest BCUT2D eigenvalue weighted by Crippen LogP contribution is -2.11. The molecule has 2 rings (SSSR count). The number of nitrogens with zero attached hydrogens (tertiary/aromatic N) is 2. The number of non-ortho nitro benzene ring substituents is 1. The molecule has 0 aliphatic carbocycles. The lowest BCUT2D eigenvalue weighted by atomic mass is 10.1. The molecule has 0 radical (unpaired) electrons. The largest absolute Gasteiger partial charge is 0.423 e. The molecule has 0 aliphatic heterocycles. The number of esters is 1. The lowest BCUT2D eigenvalue weighted by molar-refractivity contribution is -0.384. The number of nitro benzene ring substituents is 1. The third kappa shape index (κ3) is 3.19. The van der Waals surface area contributed by atoms with Crippen molar-refractivity contribution in [3.05, 3.63) is 63.7 Å². The van der Waals surface area contributed by atoms with Crippen molar-refractivity contribution < 1.29 is 14.5 Å². The standard InChI is InChI=1S/C15H11N3O4/c1-17-14-7-4-11(18(20)21)8-13(14)15(19)22-12-5-2-10(9-16)3-6-12/h2-8,17H,1H3. The predicted octanol–water partition coefficient (Wildman–Crippen LogP) is 2.73. The van der Waals surface area contributed by atoms with E-state index in [1.54, 1.807) is 7.05 Å². The fraction of sp³-hybridized carbons (Fsp3) is 0.0667. The Hall–Kier alpha value is -3.40. The highest BCUT2D eigenvalue weighted by molar-refractivity contribution is 5.97. The summed E-state index contributed by atoms with van der Waals surface area (Å²) >= 11 is 0. The van der Waals surface area contributed by atoms with Gasteiger partial charge in [-0.15, -0.1) is 0 Å². The van der Waals surface area contributed by atoms with Crippen LogP contribution in [0.1, 0.15) is 15.9 Å². The molecular weight excluding hydrogens is 286 g/mol. The zero-order chi connectivity index (χ0) is 16.1. The number of carbonyl (C=O) groups excluding carboxylic acids is 1. The van der Waals surface area contributed by atoms with Gasteiger partial charge in [-0.2, -0.15) is 5.26 Å². The van der Waals surface area contributed by atoms with E-state index < -0.39 is 10.9 Å². The quantitative estimate of drug-likeness (QED) is 0.402. The van der Waals surface area contributed by atoms with Gasteiger partial charge in [-0.1, -0.05) is 0 Å². The second kappa shape index (κ2) is 6.37. The maximum atomic E-state index is 12.2. The third-order valence-corrected chi connectivity index (χ3v) is 2.90. The molecule has 110 valence electrons. The summed E-state index contributed by atoms with van der Waals surface area (Å²) in [5.74, 6) is -0.477. The van der Waals surface area contributed by atoms with Crippen molar-refractivity contribution in [3.63, 3.8) is 0 Å². The topological polar surface area (TPSA) is 105 Å². The number of hydrogen-bond acceptors (Lipinski definition) is 6. The van der Waals surface area contributed by atoms with Crippen molar-refractivity contribution in [2.75, 3.05) is 12.4 Å². The van der Waals surface area contributed by atoms with Gasteiger partial charge in [-0.25, -0.2) is 4.79 Å². The smallest absolute Gasteiger partial charge is 0.345 e. The Morgan fingerprint density at radius 2 is 1.95 bits per heavy atom. The average Bonchev–Trinajstić information content (AvgIpc) is 2.54. The van der Waals surface area contributed by atoms with Crippen LogP contribution in [0.4, 0.5) is 11.4 Å². The summed E-state index contributed by atoms with van der Waals surface area (Å²) in [5.41, 5.74) is 0.710. The lowest BCUT2D eigenvalue weighted by Gasteiger charge is -2.09. The number of nitrogens with one attached hydrogen (secondary N) is 1. The molecule has 0 bridgehead atoms. The molecule has 0 unspecified atom stereocenters. The van der Waals surface area contributed by atoms with Crippen molar-refractivity contribution in [2.24, 2.45) is 0 Å². The summed E-state index contributed by atoms with van der Waals surface area (Å²) < 4.78 is 5.17. The minimum atomic E-state index is -0.724. The highest BCUT2D eigenvalue weighted by Crippen LogP contribution is 2.23. The first kappa shape index (κ1) is 15.0. The maximum Gasteiger partial charge on any atom is 0.345 e. The number of anilines is 1. The Balaban J connectivity index is 2.29. The van der Waals surface area contributed by atoms with Gasteiger partial charge in [0.15, 0.2) is 0 Å². The number of nitro groups is 1. The van der Waals surface area contributed by atoms with Crippen LogP contribution in [-0.2, 0) is 0 Å². The minimum absolute atomic E-state index is 0.0565. The summed E-state index contributed by atoms with van der Waals surface area (Å²) in [6.07, 6.45) is 0. The fourth-order valence-corrected chi connectivity index (χ4v) is 1.79. The SMILES string of the molecule is CNc1ccc([N+](=O)[O-])cc1C(=O)Oc1ccc(C#N)cc1. The van der Waals surface area contributed by atoms with Crippen LogP contribution in [0.5, 0.6) is 5.75 Å². The molecule has 1 N–H and O–H groups in total. The molecule has 2 aromatic rings. The Morgan fingerprint density at radius 3 is 2.50 bits per heavy atom. The number of rotatable bonds is 4. The van der Waals surface area contributed by atoms with E-state index in [0.29, 0.717) is 11.3 Å². The van der Waals surface area contributed by atoms with Crippen LogP contribution in [0, 0.1) is 21.4 Å². The molecule has 0 saturated heterocycles. The number of hydrogen-bond donors (Lipinski definition) is 1. The van der Waals surface area contributed by atoms with Gasteiger partial charge in [0, 0.05) is 24.9 Å². The van der Waals surface area contributed by atoms with Crippen LogP contribution in [0.25, 0.3) is 0 Å². The molecule has 0 atom stereocenters. The highest BCUT2D eigenvalue weighted by atomic mass is 16.6. The molecule has 0 aromatic heterocycles. The molecule has 0 saturated carbocycles. The van der Waals surface area contributed by atoms with Crippen LogP contribution < -0.4 is 10.1 Å². The average molecular weight is 297 g/mol. The van der Waals surface area contributed by atoms with Gasteiger partial charge in [-0.3, -0.25) is 10.1 Å². The molecule has 0 aliphatic rings. The number of ether oxygens (including phenoxy) is 1. The summed E-state index contributed by atoms with van der Waals surface area (Å²) in [5, 5.41) is 22.3. The van der Waals surface area contributed by atoms with E-state index in [0.717, 1.165) is 6.07 Å². The monoisotopic (exact) mass is 297 g/mol. The van der Waals surface area contributed by atoms with E-state index >= 15 is 0 Å². The van der Waals surface area contributed by atoms with Crippen LogP contribution in [-0.4, -0.2) is 17.9 Å². The van der Waals surface area contributed by atoms with Crippen molar-refractivity contribution >= 4 is 17.3 Å². The Labute approximate surface area is 125 Å². The Bertz CT molecular complexity index is 763. The van der Waals surface area contributed by atoms with Crippen molar-refractivity contribution in [2.45, 2.75) is 0 Å². The highest BCUT2D eigenvalue weighted by Gasteiger charge is 2.18. The van der Waals surface area contributed by atoms with Gasteiger partial charge >= 0.3 is 5.97 Å². The molecule has 0 amide bonds. The molecule has 22 heavy (non-hydrogen) atoms. The Kier molecular flexibility index (Phi) is 4.34. The molecule has 7 nitrogen and oxygen atoms in total. The molecule has 0 heterocycles. The number of carbonyl (C=O) groups is 1. The maximum absolute atomic E-state index is 12.2. The van der Waals surface area contributed by atoms with Crippen molar-refractivity contribution in [1.82, 2.24) is 0 Å². The molecule has 0 spiro atoms. The molecule has 7 heteroatoms. The zero-order valence-corrected chi connectivity index (χ0v) is 11.6. The summed E-state index contributed by atoms with van der Waals surface area (Å²) in [4.78, 5) is 22.4.